The number of nitro groups is 1. The summed E-state index contributed by atoms with van der Waals surface area (Å²) in [5, 5.41) is 20.2. The van der Waals surface area contributed by atoms with Crippen LogP contribution >= 0.6 is 23.4 Å². The number of hydrogen-bond acceptors (Lipinski definition) is 6. The number of carbonyl (C=O) groups is 1. The topological polar surface area (TPSA) is 94.2 Å². The number of nitrogens with zero attached hydrogens (tertiary/aromatic N) is 5. The Morgan fingerprint density at radius 3 is 2.93 bits per heavy atom. The Labute approximate surface area is 169 Å². The number of benzene rings is 2. The number of amides is 1. The highest BCUT2D eigenvalue weighted by molar-refractivity contribution is 7.99. The van der Waals surface area contributed by atoms with E-state index in [-0.39, 0.29) is 17.3 Å². The predicted octanol–water partition coefficient (Wildman–Crippen LogP) is 3.51. The van der Waals surface area contributed by atoms with Gasteiger partial charge in [0.2, 0.25) is 5.91 Å². The molecule has 0 unspecified atom stereocenters. The van der Waals surface area contributed by atoms with Gasteiger partial charge in [-0.25, -0.2) is 0 Å². The second kappa shape index (κ2) is 7.61. The Bertz CT molecular complexity index is 1070. The molecule has 0 bridgehead atoms. The summed E-state index contributed by atoms with van der Waals surface area (Å²) in [5.41, 5.74) is 2.32. The molecular formula is C18H14ClN5O3S. The molecule has 0 atom stereocenters. The molecule has 3 aromatic rings. The Kier molecular flexibility index (Phi) is 5.01. The summed E-state index contributed by atoms with van der Waals surface area (Å²) in [7, 11) is 0. The first kappa shape index (κ1) is 18.5. The van der Waals surface area contributed by atoms with Crippen molar-refractivity contribution in [2.75, 3.05) is 17.2 Å². The molecule has 2 aromatic carbocycles. The fourth-order valence-electron chi connectivity index (χ4n) is 3.07. The summed E-state index contributed by atoms with van der Waals surface area (Å²) in [6, 6.07) is 11.9. The van der Waals surface area contributed by atoms with Crippen LogP contribution in [0.5, 0.6) is 0 Å². The van der Waals surface area contributed by atoms with Crippen LogP contribution in [0.2, 0.25) is 5.02 Å². The molecule has 1 aliphatic rings. The SMILES string of the molecule is O=C(CSc1nncn1-c1cccc(Cl)c1)N1CCc2ccc([N+](=O)[O-])cc21. The van der Waals surface area contributed by atoms with Gasteiger partial charge in [-0.3, -0.25) is 19.5 Å². The fourth-order valence-corrected chi connectivity index (χ4v) is 4.06. The van der Waals surface area contributed by atoms with Gasteiger partial charge in [0, 0.05) is 23.7 Å². The van der Waals surface area contributed by atoms with E-state index in [1.54, 1.807) is 34.0 Å². The van der Waals surface area contributed by atoms with Crippen LogP contribution in [0.4, 0.5) is 11.4 Å². The van der Waals surface area contributed by atoms with Gasteiger partial charge in [-0.15, -0.1) is 10.2 Å². The van der Waals surface area contributed by atoms with Crippen LogP contribution in [0.15, 0.2) is 53.9 Å². The van der Waals surface area contributed by atoms with Crippen molar-refractivity contribution in [1.29, 1.82) is 0 Å². The highest BCUT2D eigenvalue weighted by atomic mass is 35.5. The van der Waals surface area contributed by atoms with E-state index in [1.165, 1.54) is 23.9 Å². The van der Waals surface area contributed by atoms with Gasteiger partial charge in [0.25, 0.3) is 5.69 Å². The molecule has 2 heterocycles. The lowest BCUT2D eigenvalue weighted by atomic mass is 10.1. The second-order valence-electron chi connectivity index (χ2n) is 6.12. The Hall–Kier alpha value is -2.91. The van der Waals surface area contributed by atoms with Crippen molar-refractivity contribution in [2.24, 2.45) is 0 Å². The summed E-state index contributed by atoms with van der Waals surface area (Å²) in [4.78, 5) is 24.9. The first-order valence-electron chi connectivity index (χ1n) is 8.39. The number of halogens is 1. The Balaban J connectivity index is 1.50. The maximum atomic E-state index is 12.7. The number of aromatic nitrogens is 3. The third-order valence-electron chi connectivity index (χ3n) is 4.40. The lowest BCUT2D eigenvalue weighted by Gasteiger charge is -2.17. The van der Waals surface area contributed by atoms with Crippen molar-refractivity contribution in [1.82, 2.24) is 14.8 Å². The van der Waals surface area contributed by atoms with E-state index in [2.05, 4.69) is 10.2 Å². The molecule has 0 saturated carbocycles. The molecule has 0 radical (unpaired) electrons. The zero-order valence-corrected chi connectivity index (χ0v) is 16.1. The van der Waals surface area contributed by atoms with Gasteiger partial charge < -0.3 is 4.90 Å². The summed E-state index contributed by atoms with van der Waals surface area (Å²) in [6.07, 6.45) is 2.25. The van der Waals surface area contributed by atoms with Crippen LogP contribution in [0.1, 0.15) is 5.56 Å². The van der Waals surface area contributed by atoms with Gasteiger partial charge in [-0.05, 0) is 30.2 Å². The number of anilines is 1. The molecule has 0 fully saturated rings. The zero-order valence-electron chi connectivity index (χ0n) is 14.5. The van der Waals surface area contributed by atoms with Crippen molar-refractivity contribution in [3.63, 3.8) is 0 Å². The lowest BCUT2D eigenvalue weighted by molar-refractivity contribution is -0.384. The van der Waals surface area contributed by atoms with Crippen LogP contribution in [0.25, 0.3) is 5.69 Å². The summed E-state index contributed by atoms with van der Waals surface area (Å²) in [6.45, 7) is 0.511. The predicted molar refractivity (Wildman–Crippen MR) is 106 cm³/mol. The molecule has 0 aliphatic carbocycles. The van der Waals surface area contributed by atoms with E-state index in [9.17, 15) is 14.9 Å². The van der Waals surface area contributed by atoms with E-state index in [1.807, 2.05) is 12.1 Å². The molecule has 142 valence electrons. The van der Waals surface area contributed by atoms with E-state index < -0.39 is 4.92 Å². The third kappa shape index (κ3) is 3.58. The molecule has 0 N–H and O–H groups in total. The van der Waals surface area contributed by atoms with Gasteiger partial charge in [-0.1, -0.05) is 35.5 Å². The lowest BCUT2D eigenvalue weighted by Crippen LogP contribution is -2.30. The molecule has 1 aliphatic heterocycles. The summed E-state index contributed by atoms with van der Waals surface area (Å²) in [5.74, 6) is 0.00591. The monoisotopic (exact) mass is 415 g/mol. The van der Waals surface area contributed by atoms with E-state index >= 15 is 0 Å². The minimum atomic E-state index is -0.455. The largest absolute Gasteiger partial charge is 0.311 e. The van der Waals surface area contributed by atoms with E-state index in [4.69, 9.17) is 11.6 Å². The normalized spacial score (nSPS) is 12.8. The van der Waals surface area contributed by atoms with Crippen LogP contribution in [0.3, 0.4) is 0 Å². The first-order valence-corrected chi connectivity index (χ1v) is 9.76. The Morgan fingerprint density at radius 1 is 1.29 bits per heavy atom. The number of carbonyl (C=O) groups excluding carboxylic acids is 1. The van der Waals surface area contributed by atoms with Crippen molar-refractivity contribution >= 4 is 40.6 Å². The van der Waals surface area contributed by atoms with Crippen LogP contribution in [-0.4, -0.2) is 37.9 Å². The molecule has 1 aromatic heterocycles. The molecule has 1 amide bonds. The van der Waals surface area contributed by atoms with Gasteiger partial charge in [0.1, 0.15) is 6.33 Å². The second-order valence-corrected chi connectivity index (χ2v) is 7.50. The highest BCUT2D eigenvalue weighted by Gasteiger charge is 2.27. The zero-order chi connectivity index (χ0) is 19.7. The maximum absolute atomic E-state index is 12.7. The molecular weight excluding hydrogens is 402 g/mol. The van der Waals surface area contributed by atoms with Crippen molar-refractivity contribution in [2.45, 2.75) is 11.6 Å². The van der Waals surface area contributed by atoms with Crippen molar-refractivity contribution in [3.05, 3.63) is 69.5 Å². The number of thioether (sulfide) groups is 1. The number of hydrogen-bond donors (Lipinski definition) is 0. The highest BCUT2D eigenvalue weighted by Crippen LogP contribution is 2.32. The van der Waals surface area contributed by atoms with E-state index in [0.717, 1.165) is 11.3 Å². The standard InChI is InChI=1S/C18H14ClN5O3S/c19-13-2-1-3-14(8-13)23-11-20-21-18(23)28-10-17(25)22-7-6-12-4-5-15(24(26)27)9-16(12)22/h1-5,8-9,11H,6-7,10H2. The van der Waals surface area contributed by atoms with Gasteiger partial charge >= 0.3 is 0 Å². The maximum Gasteiger partial charge on any atom is 0.271 e. The smallest absolute Gasteiger partial charge is 0.271 e. The number of non-ortho nitro benzene ring substituents is 1. The van der Waals surface area contributed by atoms with Crippen LogP contribution in [0, 0.1) is 10.1 Å². The van der Waals surface area contributed by atoms with Gasteiger partial charge in [0.05, 0.1) is 22.1 Å². The molecule has 0 saturated heterocycles. The number of rotatable bonds is 5. The fraction of sp³-hybridized carbons (Fsp3) is 0.167. The van der Waals surface area contributed by atoms with Crippen molar-refractivity contribution < 1.29 is 9.72 Å². The molecule has 28 heavy (non-hydrogen) atoms. The number of nitro benzene ring substituents is 1. The summed E-state index contributed by atoms with van der Waals surface area (Å²) < 4.78 is 1.76. The minimum absolute atomic E-state index is 0.0215. The molecule has 10 heteroatoms. The molecule has 8 nitrogen and oxygen atoms in total. The Morgan fingerprint density at radius 2 is 2.14 bits per heavy atom. The average Bonchev–Trinajstić information content (AvgIpc) is 3.32. The number of fused-ring (bicyclic) bond motifs is 1. The van der Waals surface area contributed by atoms with Crippen LogP contribution in [-0.2, 0) is 11.2 Å². The third-order valence-corrected chi connectivity index (χ3v) is 5.57. The first-order chi connectivity index (χ1) is 13.5. The summed E-state index contributed by atoms with van der Waals surface area (Å²) >= 11 is 7.30. The quantitative estimate of drug-likeness (QED) is 0.359. The van der Waals surface area contributed by atoms with Crippen LogP contribution < -0.4 is 4.90 Å². The van der Waals surface area contributed by atoms with E-state index in [0.29, 0.717) is 28.8 Å². The van der Waals surface area contributed by atoms with Gasteiger partial charge in [0.15, 0.2) is 5.16 Å². The van der Waals surface area contributed by atoms with Crippen molar-refractivity contribution in [3.8, 4) is 5.69 Å². The minimum Gasteiger partial charge on any atom is -0.311 e. The molecule has 0 spiro atoms. The average molecular weight is 416 g/mol. The van der Waals surface area contributed by atoms with Gasteiger partial charge in [-0.2, -0.15) is 0 Å². The molecule has 4 rings (SSSR count).